The molecule has 2 aliphatic rings. The van der Waals surface area contributed by atoms with Crippen LogP contribution < -0.4 is 31.9 Å². The summed E-state index contributed by atoms with van der Waals surface area (Å²) in [6.07, 6.45) is 17.7. The fourth-order valence-electron chi connectivity index (χ4n) is 3.08. The number of nitrogens with one attached hydrogen (secondary N) is 6. The fraction of sp³-hybridized carbons (Fsp3) is 0.615. The second kappa shape index (κ2) is 19.1. The second-order valence-corrected chi connectivity index (χ2v) is 10.6. The zero-order chi connectivity index (χ0) is 31.5. The van der Waals surface area contributed by atoms with Crippen LogP contribution in [-0.2, 0) is 10.4 Å². The SMILES string of the molecule is C#CCNc1nc(NCCC)nc(NCC2CC2)n1.C#CCNc1nc(NCCC)nc(NCC2CC2)n1.O=S(=O)(O)O. The highest BCUT2D eigenvalue weighted by Crippen LogP contribution is 2.29. The van der Waals surface area contributed by atoms with E-state index in [9.17, 15) is 0 Å². The summed E-state index contributed by atoms with van der Waals surface area (Å²) in [5.41, 5.74) is 0. The average molecular weight is 619 g/mol. The highest BCUT2D eigenvalue weighted by atomic mass is 32.3. The van der Waals surface area contributed by atoms with E-state index in [0.29, 0.717) is 48.8 Å². The van der Waals surface area contributed by atoms with E-state index in [-0.39, 0.29) is 0 Å². The maximum Gasteiger partial charge on any atom is 0.394 e. The monoisotopic (exact) mass is 618 g/mol. The van der Waals surface area contributed by atoms with Crippen LogP contribution in [0.1, 0.15) is 52.4 Å². The van der Waals surface area contributed by atoms with Crippen LogP contribution in [0.3, 0.4) is 0 Å². The first-order chi connectivity index (χ1) is 20.6. The van der Waals surface area contributed by atoms with Crippen LogP contribution in [0.5, 0.6) is 0 Å². The van der Waals surface area contributed by atoms with Crippen molar-refractivity contribution in [2.45, 2.75) is 52.4 Å². The molecule has 2 fully saturated rings. The van der Waals surface area contributed by atoms with E-state index in [4.69, 9.17) is 30.4 Å². The maximum atomic E-state index is 8.74. The molecule has 8 N–H and O–H groups in total. The Balaban J connectivity index is 0.000000260. The third kappa shape index (κ3) is 18.1. The van der Waals surface area contributed by atoms with Crippen LogP contribution in [0.4, 0.5) is 35.7 Å². The van der Waals surface area contributed by atoms with Gasteiger partial charge in [-0.2, -0.15) is 38.3 Å². The van der Waals surface area contributed by atoms with Crippen molar-refractivity contribution in [3.8, 4) is 24.7 Å². The molecule has 0 aromatic carbocycles. The van der Waals surface area contributed by atoms with Gasteiger partial charge in [0, 0.05) is 26.2 Å². The van der Waals surface area contributed by atoms with E-state index in [1.54, 1.807) is 0 Å². The maximum absolute atomic E-state index is 8.74. The van der Waals surface area contributed by atoms with Gasteiger partial charge in [0.2, 0.25) is 35.7 Å². The molecule has 43 heavy (non-hydrogen) atoms. The Bertz CT molecular complexity index is 1210. The van der Waals surface area contributed by atoms with Crippen molar-refractivity contribution in [2.24, 2.45) is 11.8 Å². The van der Waals surface area contributed by atoms with Crippen molar-refractivity contribution in [1.82, 2.24) is 29.9 Å². The van der Waals surface area contributed by atoms with Gasteiger partial charge in [-0.3, -0.25) is 9.11 Å². The van der Waals surface area contributed by atoms with Crippen molar-refractivity contribution in [2.75, 3.05) is 71.2 Å². The number of aromatic nitrogens is 6. The number of hydrogen-bond donors (Lipinski definition) is 8. The number of nitrogens with zero attached hydrogens (tertiary/aromatic N) is 6. The molecule has 0 spiro atoms. The van der Waals surface area contributed by atoms with Crippen LogP contribution >= 0.6 is 0 Å². The van der Waals surface area contributed by atoms with Gasteiger partial charge in [-0.1, -0.05) is 25.7 Å². The van der Waals surface area contributed by atoms with E-state index < -0.39 is 10.4 Å². The normalized spacial score (nSPS) is 13.4. The largest absolute Gasteiger partial charge is 0.394 e. The molecule has 4 rings (SSSR count). The Labute approximate surface area is 253 Å². The Morgan fingerprint density at radius 3 is 1.16 bits per heavy atom. The Morgan fingerprint density at radius 1 is 0.628 bits per heavy atom. The van der Waals surface area contributed by atoms with Gasteiger partial charge >= 0.3 is 10.4 Å². The Hall–Kier alpha value is -4.19. The van der Waals surface area contributed by atoms with Gasteiger partial charge in [0.1, 0.15) is 0 Å². The van der Waals surface area contributed by atoms with Crippen molar-refractivity contribution in [1.29, 1.82) is 0 Å². The number of rotatable bonds is 16. The lowest BCUT2D eigenvalue weighted by atomic mass is 10.4. The predicted molar refractivity (Wildman–Crippen MR) is 168 cm³/mol. The van der Waals surface area contributed by atoms with Gasteiger partial charge in [-0.05, 0) is 50.4 Å². The van der Waals surface area contributed by atoms with Crippen LogP contribution in [0, 0.1) is 36.5 Å². The first kappa shape index (κ1) is 35.0. The molecule has 0 bridgehead atoms. The molecule has 2 saturated carbocycles. The molecule has 17 heteroatoms. The van der Waals surface area contributed by atoms with Crippen LogP contribution in [-0.4, -0.2) is 86.7 Å². The van der Waals surface area contributed by atoms with Gasteiger partial charge in [-0.15, -0.1) is 12.8 Å². The molecule has 0 radical (unpaired) electrons. The van der Waals surface area contributed by atoms with Crippen LogP contribution in [0.2, 0.25) is 0 Å². The minimum Gasteiger partial charge on any atom is -0.354 e. The number of anilines is 6. The van der Waals surface area contributed by atoms with Gasteiger partial charge in [-0.25, -0.2) is 0 Å². The average Bonchev–Trinajstić information content (AvgIpc) is 3.90. The molecule has 16 nitrogen and oxygen atoms in total. The fourth-order valence-corrected chi connectivity index (χ4v) is 3.08. The van der Waals surface area contributed by atoms with Gasteiger partial charge in [0.25, 0.3) is 0 Å². The summed E-state index contributed by atoms with van der Waals surface area (Å²) in [7, 11) is -4.67. The smallest absolute Gasteiger partial charge is 0.354 e. The van der Waals surface area contributed by atoms with E-state index >= 15 is 0 Å². The lowest BCUT2D eigenvalue weighted by Crippen LogP contribution is -2.14. The van der Waals surface area contributed by atoms with Crippen molar-refractivity contribution >= 4 is 46.1 Å². The minimum absolute atomic E-state index is 0.402. The number of terminal acetylenes is 2. The van der Waals surface area contributed by atoms with E-state index in [2.05, 4.69) is 87.5 Å². The minimum atomic E-state index is -4.67. The molecule has 0 unspecified atom stereocenters. The highest BCUT2D eigenvalue weighted by molar-refractivity contribution is 7.79. The molecule has 0 saturated heterocycles. The molecular weight excluding hydrogens is 576 g/mol. The zero-order valence-corrected chi connectivity index (χ0v) is 25.4. The number of hydrogen-bond acceptors (Lipinski definition) is 14. The van der Waals surface area contributed by atoms with Crippen molar-refractivity contribution in [3.05, 3.63) is 0 Å². The molecule has 0 amide bonds. The van der Waals surface area contributed by atoms with Crippen molar-refractivity contribution < 1.29 is 17.5 Å². The first-order valence-corrected chi connectivity index (χ1v) is 15.5. The molecular formula is C26H42N12O4S. The van der Waals surface area contributed by atoms with Gasteiger partial charge < -0.3 is 31.9 Å². The predicted octanol–water partition coefficient (Wildman–Crippen LogP) is 2.47. The van der Waals surface area contributed by atoms with E-state index in [0.717, 1.165) is 50.9 Å². The summed E-state index contributed by atoms with van der Waals surface area (Å²) in [5, 5.41) is 18.8. The first-order valence-electron chi connectivity index (χ1n) is 14.2. The molecule has 2 heterocycles. The molecule has 236 valence electrons. The summed E-state index contributed by atoms with van der Waals surface area (Å²) in [4.78, 5) is 25.8. The van der Waals surface area contributed by atoms with Crippen LogP contribution in [0.15, 0.2) is 0 Å². The Morgan fingerprint density at radius 2 is 0.907 bits per heavy atom. The summed E-state index contributed by atoms with van der Waals surface area (Å²) in [6.45, 7) is 8.51. The molecule has 2 aromatic heterocycles. The van der Waals surface area contributed by atoms with E-state index in [1.807, 2.05) is 0 Å². The van der Waals surface area contributed by atoms with Crippen LogP contribution in [0.25, 0.3) is 0 Å². The molecule has 0 atom stereocenters. The third-order valence-corrected chi connectivity index (χ3v) is 5.53. The lowest BCUT2D eigenvalue weighted by molar-refractivity contribution is 0.381. The zero-order valence-electron chi connectivity index (χ0n) is 24.6. The molecule has 0 aliphatic heterocycles. The molecule has 2 aliphatic carbocycles. The molecule has 2 aromatic rings. The van der Waals surface area contributed by atoms with Gasteiger partial charge in [0.15, 0.2) is 0 Å². The summed E-state index contributed by atoms with van der Waals surface area (Å²) >= 11 is 0. The standard InChI is InChI=1S/2C13H20N6.H2O4S/c2*1-3-7-14-11-17-12(15-8-4-2)19-13(18-11)16-9-10-5-6-10;1-5(2,3)4/h2*1,10H,4-9H2,2H3,(H3,14,15,16,17,18,19);(H2,1,2,3,4). The highest BCUT2D eigenvalue weighted by Gasteiger charge is 2.22. The summed E-state index contributed by atoms with van der Waals surface area (Å²) in [5.74, 6) is 9.91. The van der Waals surface area contributed by atoms with E-state index in [1.165, 1.54) is 25.7 Å². The van der Waals surface area contributed by atoms with Gasteiger partial charge in [0.05, 0.1) is 13.1 Å². The third-order valence-electron chi connectivity index (χ3n) is 5.53. The summed E-state index contributed by atoms with van der Waals surface area (Å²) < 4.78 is 31.6. The lowest BCUT2D eigenvalue weighted by Gasteiger charge is -2.09. The second-order valence-electron chi connectivity index (χ2n) is 9.68. The van der Waals surface area contributed by atoms with Crippen molar-refractivity contribution in [3.63, 3.8) is 0 Å². The topological polar surface area (TPSA) is 224 Å². The summed E-state index contributed by atoms with van der Waals surface area (Å²) in [6, 6.07) is 0. The quantitative estimate of drug-likeness (QED) is 0.0999. The Kier molecular flexibility index (Phi) is 15.5.